The highest BCUT2D eigenvalue weighted by Crippen LogP contribution is 2.42. The second kappa shape index (κ2) is 26.6. The number of fused-ring (bicyclic) bond motifs is 2. The first kappa shape index (κ1) is 56.7. The monoisotopic (exact) mass is 1210 g/mol. The van der Waals surface area contributed by atoms with E-state index in [0.29, 0.717) is 54.4 Å². The predicted octanol–water partition coefficient (Wildman–Crippen LogP) is 18.7. The number of rotatable bonds is 9. The van der Waals surface area contributed by atoms with Crippen molar-refractivity contribution in [2.24, 2.45) is 0 Å². The third-order valence-electron chi connectivity index (χ3n) is 11.8. The molecule has 382 valence electrons. The number of halogens is 8. The van der Waals surface area contributed by atoms with Crippen LogP contribution in [0.5, 0.6) is 23.0 Å². The van der Waals surface area contributed by atoms with E-state index in [4.69, 9.17) is 53.8 Å². The van der Waals surface area contributed by atoms with Gasteiger partial charge in [0.2, 0.25) is 0 Å². The highest BCUT2D eigenvalue weighted by atomic mass is 79.9. The molecule has 10 rings (SSSR count). The number of ether oxygens (including phenoxy) is 4. The highest BCUT2D eigenvalue weighted by molar-refractivity contribution is 9.11. The van der Waals surface area contributed by atoms with Crippen molar-refractivity contribution in [2.45, 2.75) is 13.8 Å². The summed E-state index contributed by atoms with van der Waals surface area (Å²) in [5.41, 5.74) is 3.82. The molecule has 0 aliphatic rings. The van der Waals surface area contributed by atoms with Crippen molar-refractivity contribution in [3.63, 3.8) is 0 Å². The largest absolute Gasteiger partial charge is 0.496 e. The Bertz CT molecular complexity index is 3410. The zero-order valence-corrected chi connectivity index (χ0v) is 47.8. The van der Waals surface area contributed by atoms with E-state index in [9.17, 15) is 13.2 Å². The van der Waals surface area contributed by atoms with E-state index in [1.54, 1.807) is 81.8 Å². The molecule has 4 nitrogen and oxygen atoms in total. The molecule has 10 aromatic rings. The number of hydrogen-bond acceptors (Lipinski definition) is 4. The molecule has 0 saturated heterocycles. The molecular weight excluding hydrogens is 1160 g/mol. The van der Waals surface area contributed by atoms with Crippen LogP contribution in [0.3, 0.4) is 0 Å². The maximum Gasteiger partial charge on any atom is 0.133 e. The zero-order chi connectivity index (χ0) is 53.8. The Morgan fingerprint density at radius 3 is 1.11 bits per heavy atom. The lowest BCUT2D eigenvalue weighted by Gasteiger charge is -2.21. The normalized spacial score (nSPS) is 10.7. The molecule has 0 heterocycles. The summed E-state index contributed by atoms with van der Waals surface area (Å²) >= 11 is 24.2. The van der Waals surface area contributed by atoms with Crippen LogP contribution in [0.25, 0.3) is 43.8 Å². The minimum atomic E-state index is -0.467. The van der Waals surface area contributed by atoms with Crippen LogP contribution in [0.1, 0.15) is 11.1 Å². The quantitative estimate of drug-likeness (QED) is 0.135. The molecule has 0 aromatic heterocycles. The number of hydrogen-bond donors (Lipinski definition) is 0. The van der Waals surface area contributed by atoms with Gasteiger partial charge in [0.15, 0.2) is 0 Å². The molecule has 0 unspecified atom stereocenters. The fourth-order valence-electron chi connectivity index (χ4n) is 8.01. The summed E-state index contributed by atoms with van der Waals surface area (Å²) in [5, 5.41) is 9.09. The summed E-state index contributed by atoms with van der Waals surface area (Å²) < 4.78 is 65.1. The molecule has 0 amide bonds. The molecule has 0 N–H and O–H groups in total. The molecule has 0 bridgehead atoms. The summed E-state index contributed by atoms with van der Waals surface area (Å²) in [4.78, 5) is 0. The van der Waals surface area contributed by atoms with Crippen molar-refractivity contribution in [3.05, 3.63) is 241 Å². The van der Waals surface area contributed by atoms with Crippen LogP contribution in [-0.2, 0) is 0 Å². The summed E-state index contributed by atoms with van der Waals surface area (Å²) in [6, 6.07) is 59.2. The number of aryl methyl sites for hydroxylation is 2. The standard InChI is InChI=1S/C24H16Cl2F2O2.C19H17P.C12H10Br2O2.C7H6ClF/c1-29-23-9-14-10-24(30-2)20(18-6-4-16(26)12-22(18)28)8-13(14)7-19(23)17-5-3-15(25)11-21(17)27;1-16-10-8-9-15-19(16)20(17-11-4-2-5-12-17)18-13-6-3-7-14-18;1-15-11-5-8-6-12(16-2)10(14)4-7(8)3-9(11)13;1-5-2-3-6(8)4-7(5)9/h3-12H,1-2H3;2-15H,1H3;3-6H,1-2H3;2-4H,1H3. The molecule has 0 radical (unpaired) electrons. The van der Waals surface area contributed by atoms with Crippen LogP contribution in [0, 0.1) is 31.3 Å². The van der Waals surface area contributed by atoms with Gasteiger partial charge >= 0.3 is 0 Å². The molecule has 0 spiro atoms. The molecule has 10 aromatic carbocycles. The van der Waals surface area contributed by atoms with E-state index < -0.39 is 19.6 Å². The maximum atomic E-state index is 14.6. The molecule has 0 fully saturated rings. The highest BCUT2D eigenvalue weighted by Gasteiger charge is 2.19. The van der Waals surface area contributed by atoms with Crippen molar-refractivity contribution in [3.8, 4) is 45.3 Å². The fraction of sp³-hybridized carbons (Fsp3) is 0.0968. The van der Waals surface area contributed by atoms with Crippen LogP contribution in [0.2, 0.25) is 15.1 Å². The average Bonchev–Trinajstić information content (AvgIpc) is 3.41. The topological polar surface area (TPSA) is 36.9 Å². The van der Waals surface area contributed by atoms with Gasteiger partial charge in [-0.2, -0.15) is 0 Å². The first-order valence-electron chi connectivity index (χ1n) is 23.1. The van der Waals surface area contributed by atoms with E-state index >= 15 is 0 Å². The van der Waals surface area contributed by atoms with Gasteiger partial charge in [0, 0.05) is 37.3 Å². The second-order valence-corrected chi connectivity index (χ2v) is 21.9. The van der Waals surface area contributed by atoms with Crippen molar-refractivity contribution < 1.29 is 32.1 Å². The zero-order valence-electron chi connectivity index (χ0n) is 41.5. The van der Waals surface area contributed by atoms with Crippen LogP contribution in [-0.4, -0.2) is 28.4 Å². The summed E-state index contributed by atoms with van der Waals surface area (Å²) in [7, 11) is 5.88. The minimum Gasteiger partial charge on any atom is -0.496 e. The predicted molar refractivity (Wildman–Crippen MR) is 316 cm³/mol. The molecule has 0 atom stereocenters. The molecular formula is C62H49Br2Cl3F3O4P. The Hall–Kier alpha value is -6.03. The number of methoxy groups -OCH3 is 4. The van der Waals surface area contributed by atoms with Crippen LogP contribution < -0.4 is 34.9 Å². The Kier molecular flexibility index (Phi) is 20.1. The van der Waals surface area contributed by atoms with Gasteiger partial charge in [0.05, 0.1) is 37.4 Å². The van der Waals surface area contributed by atoms with Gasteiger partial charge in [0.1, 0.15) is 40.4 Å². The van der Waals surface area contributed by atoms with Crippen LogP contribution >= 0.6 is 74.6 Å². The lowest BCUT2D eigenvalue weighted by molar-refractivity contribution is 0.411. The summed E-state index contributed by atoms with van der Waals surface area (Å²) in [6.45, 7) is 3.90. The van der Waals surface area contributed by atoms with Crippen LogP contribution in [0.4, 0.5) is 13.2 Å². The average molecular weight is 1210 g/mol. The van der Waals surface area contributed by atoms with E-state index in [-0.39, 0.29) is 5.82 Å². The molecule has 13 heteroatoms. The fourth-order valence-corrected chi connectivity index (χ4v) is 12.0. The molecule has 0 aliphatic heterocycles. The Morgan fingerprint density at radius 2 is 0.720 bits per heavy atom. The van der Waals surface area contributed by atoms with Gasteiger partial charge in [-0.05, 0) is 199 Å². The van der Waals surface area contributed by atoms with Crippen LogP contribution in [0.15, 0.2) is 197 Å². The van der Waals surface area contributed by atoms with Gasteiger partial charge in [0.25, 0.3) is 0 Å². The summed E-state index contributed by atoms with van der Waals surface area (Å²) in [6.07, 6.45) is 0. The van der Waals surface area contributed by atoms with Gasteiger partial charge in [-0.3, -0.25) is 0 Å². The van der Waals surface area contributed by atoms with Crippen molar-refractivity contribution in [2.75, 3.05) is 28.4 Å². The molecule has 0 aliphatic carbocycles. The van der Waals surface area contributed by atoms with Crippen molar-refractivity contribution >= 4 is 112 Å². The Labute approximate surface area is 468 Å². The van der Waals surface area contributed by atoms with Gasteiger partial charge in [-0.15, -0.1) is 0 Å². The van der Waals surface area contributed by atoms with E-state index in [0.717, 1.165) is 42.0 Å². The van der Waals surface area contributed by atoms with Gasteiger partial charge < -0.3 is 18.9 Å². The van der Waals surface area contributed by atoms with E-state index in [1.807, 2.05) is 24.3 Å². The first-order chi connectivity index (χ1) is 36.1. The number of benzene rings is 10. The molecule has 75 heavy (non-hydrogen) atoms. The van der Waals surface area contributed by atoms with Gasteiger partial charge in [-0.25, -0.2) is 13.2 Å². The second-order valence-electron chi connectivity index (χ2n) is 16.7. The Balaban J connectivity index is 0.000000158. The smallest absolute Gasteiger partial charge is 0.133 e. The Morgan fingerprint density at radius 1 is 0.360 bits per heavy atom. The minimum absolute atomic E-state index is 0.248. The van der Waals surface area contributed by atoms with E-state index in [1.165, 1.54) is 53.9 Å². The third-order valence-corrected chi connectivity index (χ3v) is 16.4. The van der Waals surface area contributed by atoms with Crippen molar-refractivity contribution in [1.82, 2.24) is 0 Å². The van der Waals surface area contributed by atoms with E-state index in [2.05, 4.69) is 124 Å². The summed E-state index contributed by atoms with van der Waals surface area (Å²) in [5.74, 6) is 1.46. The first-order valence-corrected chi connectivity index (χ1v) is 27.2. The SMILES string of the molecule is COc1cc2cc(OC)c(-c3ccc(Cl)cc3F)cc2cc1-c1ccc(Cl)cc1F.COc1cc2cc(OC)c(Br)cc2cc1Br.Cc1ccc(Cl)cc1F.Cc1ccccc1P(c1ccccc1)c1ccccc1. The molecule has 0 saturated carbocycles. The lowest BCUT2D eigenvalue weighted by atomic mass is 9.95. The maximum absolute atomic E-state index is 14.6. The van der Waals surface area contributed by atoms with Crippen molar-refractivity contribution in [1.29, 1.82) is 0 Å². The lowest BCUT2D eigenvalue weighted by Crippen LogP contribution is -2.22. The third kappa shape index (κ3) is 14.3. The van der Waals surface area contributed by atoms with Gasteiger partial charge in [-0.1, -0.05) is 126 Å².